The highest BCUT2D eigenvalue weighted by molar-refractivity contribution is 8.14. The molecule has 0 spiro atoms. The molecule has 1 aliphatic heterocycles. The van der Waals surface area contributed by atoms with E-state index < -0.39 is 0 Å². The molecule has 0 fully saturated rings. The molecule has 1 aliphatic rings. The van der Waals surface area contributed by atoms with Crippen molar-refractivity contribution in [3.8, 4) is 0 Å². The summed E-state index contributed by atoms with van der Waals surface area (Å²) in [6.07, 6.45) is 0. The van der Waals surface area contributed by atoms with Crippen LogP contribution in [0.3, 0.4) is 0 Å². The fourth-order valence-corrected chi connectivity index (χ4v) is 2.96. The average molecular weight is 260 g/mol. The van der Waals surface area contributed by atoms with E-state index in [1.165, 1.54) is 7.11 Å². The van der Waals surface area contributed by atoms with E-state index in [9.17, 15) is 4.79 Å². The average Bonchev–Trinajstić information content (AvgIpc) is 3.03. The maximum absolute atomic E-state index is 11.4. The number of para-hydroxylation sites is 1. The largest absolute Gasteiger partial charge is 0.467 e. The summed E-state index contributed by atoms with van der Waals surface area (Å²) in [6.45, 7) is 0. The minimum absolute atomic E-state index is 0.270. The number of nitrogens with zero attached hydrogens (tertiary/aromatic N) is 1. The van der Waals surface area contributed by atoms with Gasteiger partial charge in [0.05, 0.1) is 12.8 Å². The molecule has 2 aromatic rings. The lowest BCUT2D eigenvalue weighted by Gasteiger charge is -2.00. The molecule has 0 radical (unpaired) electrons. The van der Waals surface area contributed by atoms with Crippen molar-refractivity contribution < 1.29 is 9.53 Å². The van der Waals surface area contributed by atoms with E-state index in [2.05, 4.69) is 16.0 Å². The Kier molecular flexibility index (Phi) is 2.83. The van der Waals surface area contributed by atoms with Crippen LogP contribution in [-0.4, -0.2) is 34.9 Å². The zero-order chi connectivity index (χ0) is 12.5. The highest BCUT2D eigenvalue weighted by Crippen LogP contribution is 2.26. The second-order valence-electron chi connectivity index (χ2n) is 4.05. The number of benzene rings is 1. The van der Waals surface area contributed by atoms with E-state index in [1.54, 1.807) is 11.8 Å². The van der Waals surface area contributed by atoms with Gasteiger partial charge in [0.25, 0.3) is 0 Å². The van der Waals surface area contributed by atoms with Crippen molar-refractivity contribution in [3.63, 3.8) is 0 Å². The number of hydrogen-bond acceptors (Lipinski definition) is 4. The van der Waals surface area contributed by atoms with Gasteiger partial charge in [0.15, 0.2) is 6.04 Å². The molecule has 1 aromatic carbocycles. The fraction of sp³-hybridized carbons (Fsp3) is 0.231. The molecular weight excluding hydrogens is 248 g/mol. The third-order valence-electron chi connectivity index (χ3n) is 2.88. The number of thioether (sulfide) groups is 1. The summed E-state index contributed by atoms with van der Waals surface area (Å²) in [4.78, 5) is 19.1. The smallest absolute Gasteiger partial charge is 0.331 e. The number of esters is 1. The van der Waals surface area contributed by atoms with E-state index in [1.807, 2.05) is 24.3 Å². The monoisotopic (exact) mass is 260 g/mol. The van der Waals surface area contributed by atoms with Crippen molar-refractivity contribution in [1.82, 2.24) is 4.98 Å². The summed E-state index contributed by atoms with van der Waals surface area (Å²) in [5, 5.41) is 2.03. The van der Waals surface area contributed by atoms with Gasteiger partial charge in [-0.3, -0.25) is 4.99 Å². The first-order valence-corrected chi connectivity index (χ1v) is 6.63. The first-order chi connectivity index (χ1) is 8.78. The fourth-order valence-electron chi connectivity index (χ4n) is 1.97. The second kappa shape index (κ2) is 4.49. The molecule has 0 amide bonds. The van der Waals surface area contributed by atoms with E-state index in [-0.39, 0.29) is 12.0 Å². The molecule has 1 N–H and O–H groups in total. The third-order valence-corrected chi connectivity index (χ3v) is 3.97. The standard InChI is InChI=1S/C13H12N2O2S/c1-17-13(16)11-7-18-12(15-11)10-6-8-4-2-3-5-9(8)14-10/h2-6,11,14H,7H2,1H3. The molecule has 0 saturated carbocycles. The molecule has 18 heavy (non-hydrogen) atoms. The van der Waals surface area contributed by atoms with E-state index in [0.29, 0.717) is 5.75 Å². The summed E-state index contributed by atoms with van der Waals surface area (Å²) < 4.78 is 4.71. The highest BCUT2D eigenvalue weighted by atomic mass is 32.2. The molecule has 4 nitrogen and oxygen atoms in total. The second-order valence-corrected chi connectivity index (χ2v) is 5.06. The number of nitrogens with one attached hydrogen (secondary N) is 1. The van der Waals surface area contributed by atoms with Gasteiger partial charge >= 0.3 is 5.97 Å². The van der Waals surface area contributed by atoms with Gasteiger partial charge in [0, 0.05) is 16.7 Å². The maximum atomic E-state index is 11.4. The van der Waals surface area contributed by atoms with Crippen molar-refractivity contribution >= 4 is 33.7 Å². The first kappa shape index (κ1) is 11.3. The van der Waals surface area contributed by atoms with Crippen LogP contribution in [0.1, 0.15) is 5.69 Å². The van der Waals surface area contributed by atoms with Crippen LogP contribution < -0.4 is 0 Å². The van der Waals surface area contributed by atoms with Crippen LogP contribution in [0.4, 0.5) is 0 Å². The summed E-state index contributed by atoms with van der Waals surface area (Å²) in [5.41, 5.74) is 2.05. The molecule has 0 bridgehead atoms. The zero-order valence-electron chi connectivity index (χ0n) is 9.84. The predicted octanol–water partition coefficient (Wildman–Crippen LogP) is 2.20. The molecule has 5 heteroatoms. The molecule has 0 aliphatic carbocycles. The SMILES string of the molecule is COC(=O)C1CSC(c2cc3ccccc3[nH]2)=N1. The summed E-state index contributed by atoms with van der Waals surface area (Å²) >= 11 is 1.58. The molecule has 1 aromatic heterocycles. The Morgan fingerprint density at radius 1 is 1.50 bits per heavy atom. The van der Waals surface area contributed by atoms with Crippen LogP contribution in [0.2, 0.25) is 0 Å². The number of H-pyrrole nitrogens is 1. The molecule has 0 saturated heterocycles. The Balaban J connectivity index is 1.93. The van der Waals surface area contributed by atoms with Crippen LogP contribution >= 0.6 is 11.8 Å². The number of hydrogen-bond donors (Lipinski definition) is 1. The van der Waals surface area contributed by atoms with Gasteiger partial charge in [-0.2, -0.15) is 0 Å². The number of carbonyl (C=O) groups is 1. The number of rotatable bonds is 2. The Labute approximate surface area is 108 Å². The molecule has 1 atom stereocenters. The zero-order valence-corrected chi connectivity index (χ0v) is 10.7. The Morgan fingerprint density at radius 3 is 3.11 bits per heavy atom. The highest BCUT2D eigenvalue weighted by Gasteiger charge is 2.26. The third kappa shape index (κ3) is 1.90. The van der Waals surface area contributed by atoms with Crippen molar-refractivity contribution in [2.45, 2.75) is 6.04 Å². The lowest BCUT2D eigenvalue weighted by Crippen LogP contribution is -2.19. The summed E-state index contributed by atoms with van der Waals surface area (Å²) in [7, 11) is 1.39. The Hall–Kier alpha value is -1.75. The van der Waals surface area contributed by atoms with Gasteiger partial charge in [-0.15, -0.1) is 11.8 Å². The van der Waals surface area contributed by atoms with Gasteiger partial charge in [-0.1, -0.05) is 18.2 Å². The molecular formula is C13H12N2O2S. The lowest BCUT2D eigenvalue weighted by atomic mass is 10.2. The quantitative estimate of drug-likeness (QED) is 0.842. The van der Waals surface area contributed by atoms with Crippen LogP contribution in [0.5, 0.6) is 0 Å². The predicted molar refractivity (Wildman–Crippen MR) is 73.1 cm³/mol. The molecule has 1 unspecified atom stereocenters. The van der Waals surface area contributed by atoms with Crippen molar-refractivity contribution in [2.75, 3.05) is 12.9 Å². The number of methoxy groups -OCH3 is 1. The van der Waals surface area contributed by atoms with Crippen LogP contribution in [0, 0.1) is 0 Å². The normalized spacial score (nSPS) is 18.9. The number of aromatic amines is 1. The van der Waals surface area contributed by atoms with E-state index in [0.717, 1.165) is 21.6 Å². The van der Waals surface area contributed by atoms with Gasteiger partial charge < -0.3 is 9.72 Å². The number of aliphatic imine (C=N–C) groups is 1. The first-order valence-electron chi connectivity index (χ1n) is 5.64. The molecule has 92 valence electrons. The van der Waals surface area contributed by atoms with Gasteiger partial charge in [0.2, 0.25) is 0 Å². The minimum Gasteiger partial charge on any atom is -0.467 e. The number of aromatic nitrogens is 1. The maximum Gasteiger partial charge on any atom is 0.331 e. The van der Waals surface area contributed by atoms with Crippen LogP contribution in [0.15, 0.2) is 35.3 Å². The number of fused-ring (bicyclic) bond motifs is 1. The van der Waals surface area contributed by atoms with Crippen LogP contribution in [0.25, 0.3) is 10.9 Å². The summed E-state index contributed by atoms with van der Waals surface area (Å²) in [5.74, 6) is 0.380. The van der Waals surface area contributed by atoms with Crippen LogP contribution in [-0.2, 0) is 9.53 Å². The van der Waals surface area contributed by atoms with Crippen molar-refractivity contribution in [3.05, 3.63) is 36.0 Å². The lowest BCUT2D eigenvalue weighted by molar-refractivity contribution is -0.141. The number of ether oxygens (including phenoxy) is 1. The van der Waals surface area contributed by atoms with Gasteiger partial charge in [0.1, 0.15) is 5.04 Å². The summed E-state index contributed by atoms with van der Waals surface area (Å²) in [6, 6.07) is 9.75. The van der Waals surface area contributed by atoms with Gasteiger partial charge in [-0.25, -0.2) is 4.79 Å². The van der Waals surface area contributed by atoms with Crippen molar-refractivity contribution in [2.24, 2.45) is 4.99 Å². The van der Waals surface area contributed by atoms with E-state index >= 15 is 0 Å². The molecule has 3 rings (SSSR count). The number of carbonyl (C=O) groups excluding carboxylic acids is 1. The topological polar surface area (TPSA) is 54.5 Å². The van der Waals surface area contributed by atoms with Crippen molar-refractivity contribution in [1.29, 1.82) is 0 Å². The van der Waals surface area contributed by atoms with Gasteiger partial charge in [-0.05, 0) is 12.1 Å². The Morgan fingerprint density at radius 2 is 2.33 bits per heavy atom. The van der Waals surface area contributed by atoms with E-state index in [4.69, 9.17) is 4.74 Å². The minimum atomic E-state index is -0.374. The Bertz CT molecular complexity index is 600. The molecule has 2 heterocycles.